The zero-order valence-corrected chi connectivity index (χ0v) is 8.87. The molecule has 0 aliphatic heterocycles. The molecular formula is C10H12BrNO. The minimum atomic E-state index is -0.363. The average molecular weight is 242 g/mol. The molecule has 1 N–H and O–H groups in total. The van der Waals surface area contributed by atoms with Crippen LogP contribution in [0.5, 0.6) is 0 Å². The summed E-state index contributed by atoms with van der Waals surface area (Å²) in [4.78, 5) is 4.07. The molecule has 70 valence electrons. The molecule has 0 radical (unpaired) electrons. The predicted molar refractivity (Wildman–Crippen MR) is 56.5 cm³/mol. The van der Waals surface area contributed by atoms with E-state index >= 15 is 0 Å². The lowest BCUT2D eigenvalue weighted by Gasteiger charge is -2.08. The number of hydrogen-bond donors (Lipinski definition) is 1. The van der Waals surface area contributed by atoms with E-state index in [-0.39, 0.29) is 6.10 Å². The molecular weight excluding hydrogens is 230 g/mol. The zero-order chi connectivity index (χ0) is 9.68. The standard InChI is InChI=1S/C10H12BrNO/c1-2-4-9(13)7-8-5-3-6-12-10(8)11/h2-3,5-6,9,13H,1,4,7H2. The second kappa shape index (κ2) is 5.14. The van der Waals surface area contributed by atoms with Crippen LogP contribution in [0, 0.1) is 0 Å². The molecule has 0 aliphatic rings. The number of nitrogens with zero attached hydrogens (tertiary/aromatic N) is 1. The number of halogens is 1. The van der Waals surface area contributed by atoms with Crippen LogP contribution < -0.4 is 0 Å². The van der Waals surface area contributed by atoms with Crippen molar-refractivity contribution >= 4 is 15.9 Å². The fraction of sp³-hybridized carbons (Fsp3) is 0.300. The average Bonchev–Trinajstić information content (AvgIpc) is 2.09. The summed E-state index contributed by atoms with van der Waals surface area (Å²) < 4.78 is 0.804. The topological polar surface area (TPSA) is 33.1 Å². The van der Waals surface area contributed by atoms with Crippen molar-refractivity contribution in [3.05, 3.63) is 41.2 Å². The highest BCUT2D eigenvalue weighted by Gasteiger charge is 2.06. The molecule has 0 amide bonds. The Labute approximate surface area is 86.4 Å². The summed E-state index contributed by atoms with van der Waals surface area (Å²) in [5, 5.41) is 9.51. The minimum absolute atomic E-state index is 0.363. The summed E-state index contributed by atoms with van der Waals surface area (Å²) in [5.74, 6) is 0. The van der Waals surface area contributed by atoms with Gasteiger partial charge in [-0.3, -0.25) is 0 Å². The van der Waals surface area contributed by atoms with Crippen molar-refractivity contribution < 1.29 is 5.11 Å². The maximum Gasteiger partial charge on any atom is 0.109 e. The second-order valence-electron chi connectivity index (χ2n) is 2.84. The lowest BCUT2D eigenvalue weighted by molar-refractivity contribution is 0.178. The Hall–Kier alpha value is -0.670. The third kappa shape index (κ3) is 3.28. The first-order valence-electron chi connectivity index (χ1n) is 4.12. The summed E-state index contributed by atoms with van der Waals surface area (Å²) in [5.41, 5.74) is 1.02. The molecule has 1 heterocycles. The molecule has 1 aromatic rings. The summed E-state index contributed by atoms with van der Waals surface area (Å²) in [6.07, 6.45) is 4.29. The van der Waals surface area contributed by atoms with Crippen molar-refractivity contribution in [2.75, 3.05) is 0 Å². The molecule has 3 heteroatoms. The molecule has 0 aliphatic carbocycles. The number of aliphatic hydroxyl groups is 1. The van der Waals surface area contributed by atoms with Gasteiger partial charge in [-0.05, 0) is 34.0 Å². The highest BCUT2D eigenvalue weighted by molar-refractivity contribution is 9.10. The molecule has 0 aromatic carbocycles. The molecule has 0 bridgehead atoms. The van der Waals surface area contributed by atoms with E-state index in [0.29, 0.717) is 12.8 Å². The quantitative estimate of drug-likeness (QED) is 0.649. The van der Waals surface area contributed by atoms with Gasteiger partial charge in [0.25, 0.3) is 0 Å². The number of rotatable bonds is 4. The van der Waals surface area contributed by atoms with E-state index < -0.39 is 0 Å². The first kappa shape index (κ1) is 10.4. The maximum absolute atomic E-state index is 9.51. The Balaban J connectivity index is 2.63. The van der Waals surface area contributed by atoms with Crippen molar-refractivity contribution in [1.82, 2.24) is 4.98 Å². The fourth-order valence-corrected chi connectivity index (χ4v) is 1.51. The van der Waals surface area contributed by atoms with Crippen LogP contribution in [0.4, 0.5) is 0 Å². The summed E-state index contributed by atoms with van der Waals surface area (Å²) in [6, 6.07) is 3.81. The van der Waals surface area contributed by atoms with Crippen molar-refractivity contribution in [1.29, 1.82) is 0 Å². The van der Waals surface area contributed by atoms with Gasteiger partial charge in [0, 0.05) is 12.6 Å². The van der Waals surface area contributed by atoms with Crippen molar-refractivity contribution in [2.45, 2.75) is 18.9 Å². The Kier molecular flexibility index (Phi) is 4.12. The fourth-order valence-electron chi connectivity index (χ4n) is 1.10. The van der Waals surface area contributed by atoms with Gasteiger partial charge in [-0.15, -0.1) is 6.58 Å². The Morgan fingerprint density at radius 2 is 2.46 bits per heavy atom. The van der Waals surface area contributed by atoms with E-state index in [4.69, 9.17) is 0 Å². The van der Waals surface area contributed by atoms with E-state index in [1.165, 1.54) is 0 Å². The van der Waals surface area contributed by atoms with Crippen LogP contribution in [-0.2, 0) is 6.42 Å². The van der Waals surface area contributed by atoms with Gasteiger partial charge in [-0.1, -0.05) is 12.1 Å². The van der Waals surface area contributed by atoms with E-state index in [1.54, 1.807) is 12.3 Å². The van der Waals surface area contributed by atoms with Crippen molar-refractivity contribution in [3.63, 3.8) is 0 Å². The minimum Gasteiger partial charge on any atom is -0.392 e. The molecule has 2 nitrogen and oxygen atoms in total. The van der Waals surface area contributed by atoms with Crippen molar-refractivity contribution in [2.24, 2.45) is 0 Å². The Bertz CT molecular complexity index is 288. The van der Waals surface area contributed by atoms with Gasteiger partial charge in [-0.2, -0.15) is 0 Å². The second-order valence-corrected chi connectivity index (χ2v) is 3.59. The SMILES string of the molecule is C=CCC(O)Cc1cccnc1Br. The number of aliphatic hydroxyl groups excluding tert-OH is 1. The summed E-state index contributed by atoms with van der Waals surface area (Å²) in [7, 11) is 0. The lowest BCUT2D eigenvalue weighted by atomic mass is 10.1. The number of aromatic nitrogens is 1. The normalized spacial score (nSPS) is 12.5. The van der Waals surface area contributed by atoms with Crippen LogP contribution in [0.1, 0.15) is 12.0 Å². The van der Waals surface area contributed by atoms with Crippen LogP contribution >= 0.6 is 15.9 Å². The summed E-state index contributed by atoms with van der Waals surface area (Å²) in [6.45, 7) is 3.58. The molecule has 1 atom stereocenters. The molecule has 0 fully saturated rings. The highest BCUT2D eigenvalue weighted by Crippen LogP contribution is 2.15. The largest absolute Gasteiger partial charge is 0.392 e. The van der Waals surface area contributed by atoms with E-state index in [0.717, 1.165) is 10.2 Å². The van der Waals surface area contributed by atoms with Gasteiger partial charge >= 0.3 is 0 Å². The predicted octanol–water partition coefficient (Wildman–Crippen LogP) is 2.32. The number of pyridine rings is 1. The van der Waals surface area contributed by atoms with Crippen LogP contribution in [0.2, 0.25) is 0 Å². The Morgan fingerprint density at radius 3 is 3.08 bits per heavy atom. The zero-order valence-electron chi connectivity index (χ0n) is 7.28. The van der Waals surface area contributed by atoms with Crippen LogP contribution in [-0.4, -0.2) is 16.2 Å². The van der Waals surface area contributed by atoms with Crippen molar-refractivity contribution in [3.8, 4) is 0 Å². The molecule has 1 rings (SSSR count). The van der Waals surface area contributed by atoms with Crippen LogP contribution in [0.3, 0.4) is 0 Å². The van der Waals surface area contributed by atoms with Gasteiger partial charge in [-0.25, -0.2) is 4.98 Å². The molecule has 13 heavy (non-hydrogen) atoms. The summed E-state index contributed by atoms with van der Waals surface area (Å²) >= 11 is 3.33. The van der Waals surface area contributed by atoms with Gasteiger partial charge in [0.1, 0.15) is 4.60 Å². The van der Waals surface area contributed by atoms with Gasteiger partial charge in [0.05, 0.1) is 6.10 Å². The first-order valence-corrected chi connectivity index (χ1v) is 4.91. The molecule has 0 saturated carbocycles. The number of hydrogen-bond acceptors (Lipinski definition) is 2. The smallest absolute Gasteiger partial charge is 0.109 e. The van der Waals surface area contributed by atoms with Crippen LogP contribution in [0.15, 0.2) is 35.6 Å². The van der Waals surface area contributed by atoms with E-state index in [2.05, 4.69) is 27.5 Å². The highest BCUT2D eigenvalue weighted by atomic mass is 79.9. The van der Waals surface area contributed by atoms with Gasteiger partial charge < -0.3 is 5.11 Å². The third-order valence-corrected chi connectivity index (χ3v) is 2.44. The van der Waals surface area contributed by atoms with E-state index in [9.17, 15) is 5.11 Å². The van der Waals surface area contributed by atoms with Gasteiger partial charge in [0.15, 0.2) is 0 Å². The molecule has 1 aromatic heterocycles. The molecule has 0 spiro atoms. The van der Waals surface area contributed by atoms with Gasteiger partial charge in [0.2, 0.25) is 0 Å². The van der Waals surface area contributed by atoms with Crippen LogP contribution in [0.25, 0.3) is 0 Å². The monoisotopic (exact) mass is 241 g/mol. The maximum atomic E-state index is 9.51. The lowest BCUT2D eigenvalue weighted by Crippen LogP contribution is -2.09. The first-order chi connectivity index (χ1) is 6.24. The third-order valence-electron chi connectivity index (χ3n) is 1.73. The molecule has 0 saturated heterocycles. The molecule has 1 unspecified atom stereocenters. The Morgan fingerprint density at radius 1 is 1.69 bits per heavy atom. The van der Waals surface area contributed by atoms with E-state index in [1.807, 2.05) is 12.1 Å².